The molecule has 0 amide bonds. The fourth-order valence-electron chi connectivity index (χ4n) is 2.10. The molecule has 2 aromatic rings. The van der Waals surface area contributed by atoms with Gasteiger partial charge in [0.1, 0.15) is 11.5 Å². The van der Waals surface area contributed by atoms with E-state index in [1.54, 1.807) is 7.11 Å². The van der Waals surface area contributed by atoms with Crippen LogP contribution in [-0.2, 0) is 6.54 Å². The van der Waals surface area contributed by atoms with Crippen LogP contribution < -0.4 is 10.1 Å². The number of furan rings is 1. The molecule has 0 fully saturated rings. The lowest BCUT2D eigenvalue weighted by atomic mass is 10.0. The number of rotatable bonds is 6. The van der Waals surface area contributed by atoms with Crippen LogP contribution in [0.1, 0.15) is 30.7 Å². The standard InChI is InChI=1S/C15H18INO2/c1-3-13(12-6-4-5-7-14(12)18-2)17-10-11-8-9-15(16)19-11/h4-9,13,17H,3,10H2,1-2H3. The molecule has 3 nitrogen and oxygen atoms in total. The van der Waals surface area contributed by atoms with Gasteiger partial charge in [-0.2, -0.15) is 0 Å². The van der Waals surface area contributed by atoms with Gasteiger partial charge in [-0.3, -0.25) is 0 Å². The van der Waals surface area contributed by atoms with Crippen molar-refractivity contribution < 1.29 is 9.15 Å². The molecule has 0 aliphatic heterocycles. The van der Waals surface area contributed by atoms with Crippen LogP contribution in [0.15, 0.2) is 40.8 Å². The van der Waals surface area contributed by atoms with Crippen molar-refractivity contribution in [2.24, 2.45) is 0 Å². The minimum atomic E-state index is 0.263. The molecule has 1 aromatic heterocycles. The number of para-hydroxylation sites is 1. The SMILES string of the molecule is CCC(NCc1ccc(I)o1)c1ccccc1OC. The first kappa shape index (κ1) is 14.4. The Hall–Kier alpha value is -1.01. The lowest BCUT2D eigenvalue weighted by Gasteiger charge is -2.19. The summed E-state index contributed by atoms with van der Waals surface area (Å²) in [4.78, 5) is 0. The Morgan fingerprint density at radius 2 is 2.05 bits per heavy atom. The minimum Gasteiger partial charge on any atom is -0.496 e. The zero-order chi connectivity index (χ0) is 13.7. The van der Waals surface area contributed by atoms with Gasteiger partial charge in [0.2, 0.25) is 0 Å². The van der Waals surface area contributed by atoms with E-state index in [0.29, 0.717) is 0 Å². The fraction of sp³-hybridized carbons (Fsp3) is 0.333. The minimum absolute atomic E-state index is 0.263. The maximum atomic E-state index is 5.56. The normalized spacial score (nSPS) is 12.4. The summed E-state index contributed by atoms with van der Waals surface area (Å²) < 4.78 is 11.9. The summed E-state index contributed by atoms with van der Waals surface area (Å²) in [6.45, 7) is 2.88. The van der Waals surface area contributed by atoms with Crippen LogP contribution >= 0.6 is 22.6 Å². The predicted molar refractivity (Wildman–Crippen MR) is 84.3 cm³/mol. The van der Waals surface area contributed by atoms with Gasteiger partial charge in [0.15, 0.2) is 3.77 Å². The molecule has 1 unspecified atom stereocenters. The number of methoxy groups -OCH3 is 1. The number of hydrogen-bond donors (Lipinski definition) is 1. The topological polar surface area (TPSA) is 34.4 Å². The Kier molecular flexibility index (Phi) is 5.27. The highest BCUT2D eigenvalue weighted by Crippen LogP contribution is 2.27. The molecule has 2 rings (SSSR count). The van der Waals surface area contributed by atoms with Gasteiger partial charge in [-0.05, 0) is 47.2 Å². The molecule has 0 spiro atoms. The zero-order valence-corrected chi connectivity index (χ0v) is 13.3. The summed E-state index contributed by atoms with van der Waals surface area (Å²) in [7, 11) is 1.71. The highest BCUT2D eigenvalue weighted by Gasteiger charge is 2.13. The molecule has 0 aliphatic carbocycles. The van der Waals surface area contributed by atoms with Gasteiger partial charge in [-0.25, -0.2) is 0 Å². The van der Waals surface area contributed by atoms with E-state index in [1.165, 1.54) is 5.56 Å². The first-order valence-corrected chi connectivity index (χ1v) is 7.43. The van der Waals surface area contributed by atoms with Crippen molar-refractivity contribution in [3.8, 4) is 5.75 Å². The largest absolute Gasteiger partial charge is 0.496 e. The van der Waals surface area contributed by atoms with Crippen molar-refractivity contribution in [2.45, 2.75) is 25.9 Å². The average molecular weight is 371 g/mol. The maximum Gasteiger partial charge on any atom is 0.164 e. The van der Waals surface area contributed by atoms with E-state index in [-0.39, 0.29) is 6.04 Å². The number of nitrogens with one attached hydrogen (secondary N) is 1. The lowest BCUT2D eigenvalue weighted by molar-refractivity contribution is 0.389. The van der Waals surface area contributed by atoms with E-state index in [0.717, 1.165) is 28.2 Å². The van der Waals surface area contributed by atoms with Crippen LogP contribution in [0.3, 0.4) is 0 Å². The van der Waals surface area contributed by atoms with Crippen LogP contribution in [0.2, 0.25) is 0 Å². The Morgan fingerprint density at radius 1 is 1.26 bits per heavy atom. The lowest BCUT2D eigenvalue weighted by Crippen LogP contribution is -2.20. The van der Waals surface area contributed by atoms with Crippen LogP contribution in [0.25, 0.3) is 0 Å². The van der Waals surface area contributed by atoms with Crippen LogP contribution in [0, 0.1) is 3.77 Å². The molecule has 1 heterocycles. The van der Waals surface area contributed by atoms with Crippen LogP contribution in [0.4, 0.5) is 0 Å². The molecule has 0 saturated carbocycles. The third-order valence-electron chi connectivity index (χ3n) is 3.07. The molecule has 19 heavy (non-hydrogen) atoms. The second-order valence-electron chi connectivity index (χ2n) is 4.29. The molecule has 0 saturated heterocycles. The molecule has 1 N–H and O–H groups in total. The van der Waals surface area contributed by atoms with Gasteiger partial charge in [0, 0.05) is 11.6 Å². The smallest absolute Gasteiger partial charge is 0.164 e. The molecule has 0 radical (unpaired) electrons. The van der Waals surface area contributed by atoms with Crippen molar-refractivity contribution in [1.29, 1.82) is 0 Å². The Bertz CT molecular complexity index is 524. The Labute approximate surface area is 127 Å². The van der Waals surface area contributed by atoms with Crippen molar-refractivity contribution in [1.82, 2.24) is 5.32 Å². The number of benzene rings is 1. The third-order valence-corrected chi connectivity index (χ3v) is 3.65. The first-order valence-electron chi connectivity index (χ1n) is 6.35. The first-order chi connectivity index (χ1) is 9.24. The van der Waals surface area contributed by atoms with E-state index in [2.05, 4.69) is 40.9 Å². The van der Waals surface area contributed by atoms with Gasteiger partial charge in [0.25, 0.3) is 0 Å². The summed E-state index contributed by atoms with van der Waals surface area (Å²) >= 11 is 2.18. The Morgan fingerprint density at radius 3 is 2.68 bits per heavy atom. The number of hydrogen-bond acceptors (Lipinski definition) is 3. The monoisotopic (exact) mass is 371 g/mol. The van der Waals surface area contributed by atoms with Crippen molar-refractivity contribution in [3.05, 3.63) is 51.5 Å². The van der Waals surface area contributed by atoms with Crippen LogP contribution in [-0.4, -0.2) is 7.11 Å². The van der Waals surface area contributed by atoms with Crippen molar-refractivity contribution >= 4 is 22.6 Å². The molecule has 102 valence electrons. The van der Waals surface area contributed by atoms with E-state index in [1.807, 2.05) is 30.3 Å². The van der Waals surface area contributed by atoms with E-state index in [4.69, 9.17) is 9.15 Å². The summed E-state index contributed by atoms with van der Waals surface area (Å²) in [5.41, 5.74) is 1.19. The van der Waals surface area contributed by atoms with Gasteiger partial charge in [-0.1, -0.05) is 25.1 Å². The van der Waals surface area contributed by atoms with Gasteiger partial charge in [0.05, 0.1) is 13.7 Å². The number of ether oxygens (including phenoxy) is 1. The predicted octanol–water partition coefficient (Wildman–Crippen LogP) is 4.13. The van der Waals surface area contributed by atoms with Crippen molar-refractivity contribution in [2.75, 3.05) is 7.11 Å². The van der Waals surface area contributed by atoms with Gasteiger partial charge >= 0.3 is 0 Å². The fourth-order valence-corrected chi connectivity index (χ4v) is 2.56. The molecule has 0 aliphatic rings. The highest BCUT2D eigenvalue weighted by atomic mass is 127. The summed E-state index contributed by atoms with van der Waals surface area (Å²) in [5, 5.41) is 3.51. The van der Waals surface area contributed by atoms with Gasteiger partial charge in [-0.15, -0.1) is 0 Å². The van der Waals surface area contributed by atoms with E-state index >= 15 is 0 Å². The van der Waals surface area contributed by atoms with Gasteiger partial charge < -0.3 is 14.5 Å². The Balaban J connectivity index is 2.07. The summed E-state index contributed by atoms with van der Waals surface area (Å²) in [6.07, 6.45) is 0.998. The molecule has 4 heteroatoms. The molecule has 1 atom stereocenters. The highest BCUT2D eigenvalue weighted by molar-refractivity contribution is 14.1. The van der Waals surface area contributed by atoms with E-state index < -0.39 is 0 Å². The third kappa shape index (κ3) is 3.73. The molecule has 1 aromatic carbocycles. The average Bonchev–Trinajstić information content (AvgIpc) is 2.86. The quantitative estimate of drug-likeness (QED) is 0.776. The second kappa shape index (κ2) is 6.96. The maximum absolute atomic E-state index is 5.56. The molecular weight excluding hydrogens is 353 g/mol. The van der Waals surface area contributed by atoms with E-state index in [9.17, 15) is 0 Å². The van der Waals surface area contributed by atoms with Crippen LogP contribution in [0.5, 0.6) is 5.75 Å². The summed E-state index contributed by atoms with van der Waals surface area (Å²) in [5.74, 6) is 1.88. The molecule has 0 bridgehead atoms. The van der Waals surface area contributed by atoms with Crippen molar-refractivity contribution in [3.63, 3.8) is 0 Å². The second-order valence-corrected chi connectivity index (χ2v) is 5.35. The summed E-state index contributed by atoms with van der Waals surface area (Å²) in [6, 6.07) is 12.4. The zero-order valence-electron chi connectivity index (χ0n) is 11.2. The molecular formula is C15H18INO2. The number of halogens is 1.